The second kappa shape index (κ2) is 7.68. The Balaban J connectivity index is 1.56. The molecule has 5 nitrogen and oxygen atoms in total. The van der Waals surface area contributed by atoms with Crippen LogP contribution in [-0.4, -0.2) is 41.9 Å². The molecule has 1 atom stereocenters. The molecule has 142 valence electrons. The molecule has 1 N–H and O–H groups in total. The Morgan fingerprint density at radius 2 is 1.92 bits per heavy atom. The van der Waals surface area contributed by atoms with Gasteiger partial charge in [-0.05, 0) is 57.7 Å². The molecule has 0 aromatic heterocycles. The van der Waals surface area contributed by atoms with Crippen LogP contribution >= 0.6 is 0 Å². The van der Waals surface area contributed by atoms with Gasteiger partial charge < -0.3 is 15.1 Å². The van der Waals surface area contributed by atoms with Crippen LogP contribution in [0.1, 0.15) is 52.0 Å². The number of nitrogens with zero attached hydrogens (tertiary/aromatic N) is 2. The van der Waals surface area contributed by atoms with Gasteiger partial charge in [-0.1, -0.05) is 12.1 Å². The molecule has 2 heterocycles. The molecule has 2 fully saturated rings. The van der Waals surface area contributed by atoms with E-state index in [1.54, 1.807) is 0 Å². The lowest BCUT2D eigenvalue weighted by Crippen LogP contribution is -2.43. The first-order valence-corrected chi connectivity index (χ1v) is 9.76. The maximum atomic E-state index is 12.5. The van der Waals surface area contributed by atoms with Crippen molar-refractivity contribution >= 4 is 17.5 Å². The normalized spacial score (nSPS) is 21.2. The zero-order chi connectivity index (χ0) is 18.7. The summed E-state index contributed by atoms with van der Waals surface area (Å²) in [4.78, 5) is 28.9. The number of carbonyl (C=O) groups excluding carboxylic acids is 2. The van der Waals surface area contributed by atoms with Crippen LogP contribution in [0, 0.1) is 5.92 Å². The average molecular weight is 357 g/mol. The molecule has 0 saturated carbocycles. The quantitative estimate of drug-likeness (QED) is 0.901. The van der Waals surface area contributed by atoms with Gasteiger partial charge in [0.15, 0.2) is 0 Å². The van der Waals surface area contributed by atoms with Crippen LogP contribution in [0.25, 0.3) is 0 Å². The van der Waals surface area contributed by atoms with Gasteiger partial charge in [0.05, 0.1) is 5.92 Å². The number of hydrogen-bond donors (Lipinski definition) is 1. The maximum Gasteiger partial charge on any atom is 0.225 e. The fourth-order valence-corrected chi connectivity index (χ4v) is 3.88. The van der Waals surface area contributed by atoms with E-state index in [2.05, 4.69) is 34.5 Å². The van der Waals surface area contributed by atoms with Crippen LogP contribution in [0.2, 0.25) is 0 Å². The molecule has 2 aliphatic heterocycles. The predicted octanol–water partition coefficient (Wildman–Crippen LogP) is 2.94. The van der Waals surface area contributed by atoms with E-state index in [1.807, 2.05) is 25.7 Å². The minimum atomic E-state index is -0.244. The van der Waals surface area contributed by atoms with Crippen LogP contribution in [0.15, 0.2) is 24.3 Å². The average Bonchev–Trinajstić information content (AvgIpc) is 3.03. The third-order valence-corrected chi connectivity index (χ3v) is 5.40. The molecule has 0 bridgehead atoms. The third-order valence-electron chi connectivity index (χ3n) is 5.40. The Labute approximate surface area is 156 Å². The second-order valence-electron chi connectivity index (χ2n) is 8.51. The summed E-state index contributed by atoms with van der Waals surface area (Å²) >= 11 is 0. The molecule has 5 heteroatoms. The third kappa shape index (κ3) is 4.37. The van der Waals surface area contributed by atoms with Crippen LogP contribution in [0.3, 0.4) is 0 Å². The van der Waals surface area contributed by atoms with E-state index in [4.69, 9.17) is 0 Å². The van der Waals surface area contributed by atoms with Gasteiger partial charge in [-0.2, -0.15) is 0 Å². The first-order valence-electron chi connectivity index (χ1n) is 9.76. The first kappa shape index (κ1) is 18.7. The lowest BCUT2D eigenvalue weighted by molar-refractivity contribution is -0.132. The Morgan fingerprint density at radius 1 is 1.19 bits per heavy atom. The van der Waals surface area contributed by atoms with Gasteiger partial charge in [0.1, 0.15) is 0 Å². The summed E-state index contributed by atoms with van der Waals surface area (Å²) in [5.74, 6) is -0.190. The van der Waals surface area contributed by atoms with Gasteiger partial charge in [0.2, 0.25) is 11.8 Å². The van der Waals surface area contributed by atoms with Crippen molar-refractivity contribution in [2.45, 2.75) is 58.5 Å². The summed E-state index contributed by atoms with van der Waals surface area (Å²) in [7, 11) is 0. The lowest BCUT2D eigenvalue weighted by Gasteiger charge is -2.32. The van der Waals surface area contributed by atoms with Crippen molar-refractivity contribution in [1.82, 2.24) is 10.2 Å². The fraction of sp³-hybridized carbons (Fsp3) is 0.619. The van der Waals surface area contributed by atoms with Crippen molar-refractivity contribution in [1.29, 1.82) is 0 Å². The smallest absolute Gasteiger partial charge is 0.225 e. The number of amides is 2. The van der Waals surface area contributed by atoms with Crippen LogP contribution < -0.4 is 10.2 Å². The standard InChI is InChI=1S/C21H31N3O2/c1-21(2,3)24-15-17(13-19(24)25)20(26)22-14-16-8-7-9-18(12-16)23-10-5-4-6-11-23/h7-9,12,17H,4-6,10-11,13-15H2,1-3H3,(H,22,26)/t17-/m0/s1. The topological polar surface area (TPSA) is 52.7 Å². The Morgan fingerprint density at radius 3 is 2.58 bits per heavy atom. The second-order valence-corrected chi connectivity index (χ2v) is 8.51. The number of hydrogen-bond acceptors (Lipinski definition) is 3. The first-order chi connectivity index (χ1) is 12.3. The lowest BCUT2D eigenvalue weighted by atomic mass is 10.1. The molecular formula is C21H31N3O2. The monoisotopic (exact) mass is 357 g/mol. The molecule has 0 spiro atoms. The van der Waals surface area contributed by atoms with Gasteiger partial charge in [0.25, 0.3) is 0 Å². The maximum absolute atomic E-state index is 12.5. The van der Waals surface area contributed by atoms with Crippen LogP contribution in [0.4, 0.5) is 5.69 Å². The van der Waals surface area contributed by atoms with Gasteiger partial charge in [-0.15, -0.1) is 0 Å². The zero-order valence-electron chi connectivity index (χ0n) is 16.3. The van der Waals surface area contributed by atoms with Crippen molar-refractivity contribution in [3.8, 4) is 0 Å². The van der Waals surface area contributed by atoms with E-state index in [0.717, 1.165) is 18.7 Å². The molecule has 0 unspecified atom stereocenters. The highest BCUT2D eigenvalue weighted by molar-refractivity contribution is 5.89. The number of rotatable bonds is 4. The van der Waals surface area contributed by atoms with E-state index in [9.17, 15) is 9.59 Å². The number of carbonyl (C=O) groups is 2. The Hall–Kier alpha value is -2.04. The van der Waals surface area contributed by atoms with Crippen molar-refractivity contribution in [3.05, 3.63) is 29.8 Å². The summed E-state index contributed by atoms with van der Waals surface area (Å²) in [6.45, 7) is 9.29. The number of benzene rings is 1. The van der Waals surface area contributed by atoms with Crippen molar-refractivity contribution in [2.24, 2.45) is 5.92 Å². The zero-order valence-corrected chi connectivity index (χ0v) is 16.3. The van der Waals surface area contributed by atoms with Gasteiger partial charge in [-0.3, -0.25) is 9.59 Å². The molecule has 2 amide bonds. The predicted molar refractivity (Wildman–Crippen MR) is 104 cm³/mol. The highest BCUT2D eigenvalue weighted by atomic mass is 16.2. The number of nitrogens with one attached hydrogen (secondary N) is 1. The van der Waals surface area contributed by atoms with Crippen molar-refractivity contribution < 1.29 is 9.59 Å². The summed E-state index contributed by atoms with van der Waals surface area (Å²) in [5.41, 5.74) is 2.12. The van der Waals surface area contributed by atoms with Gasteiger partial charge in [0, 0.05) is 43.8 Å². The molecule has 0 aliphatic carbocycles. The molecule has 2 saturated heterocycles. The largest absolute Gasteiger partial charge is 0.372 e. The molecule has 3 rings (SSSR count). The van der Waals surface area contributed by atoms with E-state index in [-0.39, 0.29) is 23.3 Å². The fourth-order valence-electron chi connectivity index (χ4n) is 3.88. The van der Waals surface area contributed by atoms with Gasteiger partial charge in [-0.25, -0.2) is 0 Å². The minimum Gasteiger partial charge on any atom is -0.372 e. The molecule has 26 heavy (non-hydrogen) atoms. The molecule has 1 aromatic carbocycles. The Bertz CT molecular complexity index is 659. The SMILES string of the molecule is CC(C)(C)N1C[C@@H](C(=O)NCc2cccc(N3CCCCC3)c2)CC1=O. The highest BCUT2D eigenvalue weighted by Gasteiger charge is 2.39. The molecule has 0 radical (unpaired) electrons. The molecule has 1 aromatic rings. The number of piperidine rings is 1. The van der Waals surface area contributed by atoms with Crippen molar-refractivity contribution in [2.75, 3.05) is 24.5 Å². The van der Waals surface area contributed by atoms with Crippen LogP contribution in [0.5, 0.6) is 0 Å². The highest BCUT2D eigenvalue weighted by Crippen LogP contribution is 2.26. The minimum absolute atomic E-state index is 0.0199. The molecular weight excluding hydrogens is 326 g/mol. The van der Waals surface area contributed by atoms with Gasteiger partial charge >= 0.3 is 0 Å². The van der Waals surface area contributed by atoms with Crippen molar-refractivity contribution in [3.63, 3.8) is 0 Å². The number of anilines is 1. The van der Waals surface area contributed by atoms with E-state index in [0.29, 0.717) is 19.5 Å². The van der Waals surface area contributed by atoms with E-state index >= 15 is 0 Å². The molecule has 2 aliphatic rings. The Kier molecular flexibility index (Phi) is 5.54. The summed E-state index contributed by atoms with van der Waals surface area (Å²) in [6.07, 6.45) is 4.14. The van der Waals surface area contributed by atoms with Crippen LogP contribution in [-0.2, 0) is 16.1 Å². The summed E-state index contributed by atoms with van der Waals surface area (Å²) < 4.78 is 0. The number of likely N-dealkylation sites (tertiary alicyclic amines) is 1. The van der Waals surface area contributed by atoms with E-state index in [1.165, 1.54) is 24.9 Å². The van der Waals surface area contributed by atoms with E-state index < -0.39 is 0 Å². The summed E-state index contributed by atoms with van der Waals surface area (Å²) in [6, 6.07) is 8.43. The summed E-state index contributed by atoms with van der Waals surface area (Å²) in [5, 5.41) is 3.03.